The van der Waals surface area contributed by atoms with Crippen LogP contribution in [0.3, 0.4) is 0 Å². The van der Waals surface area contributed by atoms with Crippen LogP contribution in [-0.2, 0) is 9.53 Å². The highest BCUT2D eigenvalue weighted by Crippen LogP contribution is 2.40. The van der Waals surface area contributed by atoms with Crippen molar-refractivity contribution in [1.29, 1.82) is 0 Å². The smallest absolute Gasteiger partial charge is 0.406 e. The van der Waals surface area contributed by atoms with Gasteiger partial charge in [-0.3, -0.25) is 9.69 Å². The van der Waals surface area contributed by atoms with Gasteiger partial charge < -0.3 is 4.74 Å². The fraction of sp³-hybridized carbons (Fsp3) is 0.400. The summed E-state index contributed by atoms with van der Waals surface area (Å²) < 4.78 is 43.5. The van der Waals surface area contributed by atoms with E-state index in [-0.39, 0.29) is 11.3 Å². The molecule has 0 spiro atoms. The van der Waals surface area contributed by atoms with E-state index in [0.717, 1.165) is 4.90 Å². The summed E-state index contributed by atoms with van der Waals surface area (Å²) in [6.07, 6.45) is -4.00. The summed E-state index contributed by atoms with van der Waals surface area (Å²) in [7, 11) is 0. The molecule has 1 aliphatic rings. The number of allylic oxidation sites excluding steroid dienone is 1. The summed E-state index contributed by atoms with van der Waals surface area (Å²) in [6.45, 7) is 2.65. The van der Waals surface area contributed by atoms with Gasteiger partial charge >= 0.3 is 6.18 Å². The van der Waals surface area contributed by atoms with Crippen LogP contribution in [0.4, 0.5) is 18.9 Å². The average Bonchev–Trinajstić information content (AvgIpc) is 2.68. The molecule has 0 bridgehead atoms. The molecule has 3 nitrogen and oxygen atoms in total. The quantitative estimate of drug-likeness (QED) is 0.626. The number of hydrogen-bond acceptors (Lipinski definition) is 2. The number of alkyl halides is 3. The molecule has 21 heavy (non-hydrogen) atoms. The number of fused-ring (bicyclic) bond motifs is 1. The molecule has 1 heterocycles. The Balaban J connectivity index is 2.54. The molecule has 0 fully saturated rings. The van der Waals surface area contributed by atoms with Gasteiger partial charge in [-0.15, -0.1) is 0 Å². The van der Waals surface area contributed by atoms with Crippen molar-refractivity contribution in [2.24, 2.45) is 0 Å². The Labute approximate surface area is 121 Å². The van der Waals surface area contributed by atoms with Gasteiger partial charge in [-0.2, -0.15) is 13.2 Å². The maximum atomic E-state index is 12.7. The van der Waals surface area contributed by atoms with Crippen molar-refractivity contribution >= 4 is 17.2 Å². The largest absolute Gasteiger partial charge is 0.497 e. The number of carbonyl (C=O) groups excluding carboxylic acids is 1. The molecule has 114 valence electrons. The molecule has 0 saturated carbocycles. The topological polar surface area (TPSA) is 29.5 Å². The lowest BCUT2D eigenvalue weighted by molar-refractivity contribution is -0.129. The Kier molecular flexibility index (Phi) is 4.25. The van der Waals surface area contributed by atoms with Gasteiger partial charge in [-0.05, 0) is 13.0 Å². The normalized spacial score (nSPS) is 17.0. The number of rotatable bonds is 4. The molecule has 1 aromatic rings. The third-order valence-corrected chi connectivity index (χ3v) is 3.18. The first-order valence-electron chi connectivity index (χ1n) is 6.73. The zero-order valence-electron chi connectivity index (χ0n) is 11.8. The van der Waals surface area contributed by atoms with Gasteiger partial charge in [-0.1, -0.05) is 25.1 Å². The Morgan fingerprint density at radius 1 is 1.24 bits per heavy atom. The Hall–Kier alpha value is -1.98. The molecule has 6 heteroatoms. The molecular formula is C15H16F3NO2. The second-order valence-electron chi connectivity index (χ2n) is 4.61. The van der Waals surface area contributed by atoms with Crippen LogP contribution in [0.15, 0.2) is 30.0 Å². The number of carbonyl (C=O) groups is 1. The summed E-state index contributed by atoms with van der Waals surface area (Å²) in [5.74, 6) is -0.224. The van der Waals surface area contributed by atoms with Crippen molar-refractivity contribution in [2.45, 2.75) is 26.4 Å². The second kappa shape index (κ2) is 5.79. The molecule has 1 aliphatic heterocycles. The average molecular weight is 299 g/mol. The molecule has 0 aromatic heterocycles. The lowest BCUT2D eigenvalue weighted by atomic mass is 10.1. The summed E-state index contributed by atoms with van der Waals surface area (Å²) in [5.41, 5.74) is 1.01. The minimum atomic E-state index is -4.45. The van der Waals surface area contributed by atoms with Gasteiger partial charge in [0, 0.05) is 12.0 Å². The molecule has 0 N–H and O–H groups in total. The van der Waals surface area contributed by atoms with E-state index >= 15 is 0 Å². The highest BCUT2D eigenvalue weighted by Gasteiger charge is 2.41. The van der Waals surface area contributed by atoms with E-state index in [1.807, 2.05) is 0 Å². The molecule has 0 atom stereocenters. The molecule has 1 amide bonds. The number of anilines is 1. The summed E-state index contributed by atoms with van der Waals surface area (Å²) in [5, 5.41) is 0. The van der Waals surface area contributed by atoms with Crippen molar-refractivity contribution in [3.63, 3.8) is 0 Å². The van der Waals surface area contributed by atoms with E-state index < -0.39 is 18.6 Å². The molecule has 0 saturated heterocycles. The number of hydrogen-bond donors (Lipinski definition) is 0. The molecule has 0 aliphatic carbocycles. The van der Waals surface area contributed by atoms with Crippen LogP contribution in [0.1, 0.15) is 25.8 Å². The third kappa shape index (κ3) is 3.04. The van der Waals surface area contributed by atoms with Crippen LogP contribution in [0.2, 0.25) is 0 Å². The minimum Gasteiger partial charge on any atom is -0.497 e. The first-order chi connectivity index (χ1) is 9.89. The van der Waals surface area contributed by atoms with Crippen molar-refractivity contribution < 1.29 is 22.7 Å². The van der Waals surface area contributed by atoms with E-state index in [2.05, 4.69) is 0 Å². The van der Waals surface area contributed by atoms with Gasteiger partial charge in [-0.25, -0.2) is 0 Å². The van der Waals surface area contributed by atoms with Gasteiger partial charge in [0.2, 0.25) is 0 Å². The molecule has 2 rings (SSSR count). The van der Waals surface area contributed by atoms with E-state index in [1.54, 1.807) is 32.0 Å². The fourth-order valence-electron chi connectivity index (χ4n) is 2.41. The van der Waals surface area contributed by atoms with Crippen molar-refractivity contribution in [3.05, 3.63) is 35.6 Å². The predicted molar refractivity (Wildman–Crippen MR) is 73.7 cm³/mol. The van der Waals surface area contributed by atoms with Crippen molar-refractivity contribution in [1.82, 2.24) is 0 Å². The van der Waals surface area contributed by atoms with Gasteiger partial charge in [0.05, 0.1) is 17.9 Å². The van der Waals surface area contributed by atoms with Gasteiger partial charge in [0.25, 0.3) is 5.91 Å². The van der Waals surface area contributed by atoms with Crippen molar-refractivity contribution in [3.8, 4) is 0 Å². The summed E-state index contributed by atoms with van der Waals surface area (Å²) in [4.78, 5) is 13.2. The second-order valence-corrected chi connectivity index (χ2v) is 4.61. The van der Waals surface area contributed by atoms with Crippen LogP contribution in [0, 0.1) is 0 Å². The zero-order valence-corrected chi connectivity index (χ0v) is 11.8. The summed E-state index contributed by atoms with van der Waals surface area (Å²) >= 11 is 0. The Bertz CT molecular complexity index is 579. The number of benzene rings is 1. The number of ether oxygens (including phenoxy) is 1. The SMILES string of the molecule is CCOC(CC)=C1C(=O)N(CC(F)(F)F)c2ccccc21. The maximum Gasteiger partial charge on any atom is 0.406 e. The predicted octanol–water partition coefficient (Wildman–Crippen LogP) is 3.75. The number of amides is 1. The third-order valence-electron chi connectivity index (χ3n) is 3.18. The van der Waals surface area contributed by atoms with Crippen LogP contribution in [-0.4, -0.2) is 25.2 Å². The maximum absolute atomic E-state index is 12.7. The highest BCUT2D eigenvalue weighted by atomic mass is 19.4. The van der Waals surface area contributed by atoms with E-state index in [9.17, 15) is 18.0 Å². The molecule has 1 aromatic carbocycles. The summed E-state index contributed by atoms with van der Waals surface area (Å²) in [6, 6.07) is 6.48. The minimum absolute atomic E-state index is 0.235. The monoisotopic (exact) mass is 299 g/mol. The number of para-hydroxylation sites is 1. The Morgan fingerprint density at radius 2 is 1.90 bits per heavy atom. The van der Waals surface area contributed by atoms with Crippen molar-refractivity contribution in [2.75, 3.05) is 18.1 Å². The number of nitrogens with zero attached hydrogens (tertiary/aromatic N) is 1. The fourth-order valence-corrected chi connectivity index (χ4v) is 2.41. The Morgan fingerprint density at radius 3 is 2.48 bits per heavy atom. The number of halogens is 3. The van der Waals surface area contributed by atoms with Crippen LogP contribution in [0.5, 0.6) is 0 Å². The lowest BCUT2D eigenvalue weighted by Gasteiger charge is -2.19. The van der Waals surface area contributed by atoms with Gasteiger partial charge in [0.15, 0.2) is 0 Å². The van der Waals surface area contributed by atoms with Crippen LogP contribution < -0.4 is 4.90 Å². The van der Waals surface area contributed by atoms with Crippen LogP contribution >= 0.6 is 0 Å². The van der Waals surface area contributed by atoms with Gasteiger partial charge in [0.1, 0.15) is 12.3 Å². The molecular weight excluding hydrogens is 283 g/mol. The van der Waals surface area contributed by atoms with E-state index in [4.69, 9.17) is 4.74 Å². The lowest BCUT2D eigenvalue weighted by Crippen LogP contribution is -2.36. The standard InChI is InChI=1S/C15H16F3NO2/c1-3-12(21-4-2)13-10-7-5-6-8-11(10)19(14(13)20)9-15(16,17)18/h5-8H,3-4,9H2,1-2H3. The zero-order chi connectivity index (χ0) is 15.6. The highest BCUT2D eigenvalue weighted by molar-refractivity contribution is 6.33. The first-order valence-corrected chi connectivity index (χ1v) is 6.73. The van der Waals surface area contributed by atoms with E-state index in [0.29, 0.717) is 24.4 Å². The van der Waals surface area contributed by atoms with Crippen LogP contribution in [0.25, 0.3) is 5.57 Å². The van der Waals surface area contributed by atoms with E-state index in [1.165, 1.54) is 6.07 Å². The first kappa shape index (κ1) is 15.4. The molecule has 0 radical (unpaired) electrons. The molecule has 0 unspecified atom stereocenters.